The van der Waals surface area contributed by atoms with Crippen molar-refractivity contribution in [3.05, 3.63) is 53.4 Å². The Hall–Kier alpha value is -1.41. The molecule has 0 spiro atoms. The van der Waals surface area contributed by atoms with Gasteiger partial charge in [0.15, 0.2) is 0 Å². The van der Waals surface area contributed by atoms with Gasteiger partial charge in [0.25, 0.3) is 0 Å². The van der Waals surface area contributed by atoms with E-state index in [1.807, 2.05) is 30.3 Å². The van der Waals surface area contributed by atoms with Crippen LogP contribution in [0.5, 0.6) is 0 Å². The number of nitrogens with one attached hydrogen (secondary N) is 1. The minimum absolute atomic E-state index is 0. The smallest absolute Gasteiger partial charge is 0.137 e. The molecule has 1 N–H and O–H groups in total. The fourth-order valence-corrected chi connectivity index (χ4v) is 4.06. The highest BCUT2D eigenvalue weighted by molar-refractivity contribution is 6.30. The maximum absolute atomic E-state index is 6.01. The highest BCUT2D eigenvalue weighted by atomic mass is 35.5. The van der Waals surface area contributed by atoms with Gasteiger partial charge in [0.2, 0.25) is 0 Å². The Morgan fingerprint density at radius 2 is 1.89 bits per heavy atom. The summed E-state index contributed by atoms with van der Waals surface area (Å²) in [5, 5.41) is 4.27. The lowest BCUT2D eigenvalue weighted by atomic mass is 10.1. The molecule has 2 bridgehead atoms. The summed E-state index contributed by atoms with van der Waals surface area (Å²) >= 11 is 6.01. The number of hydrogen-bond acceptors (Lipinski definition) is 5. The molecule has 9 heteroatoms. The van der Waals surface area contributed by atoms with Crippen LogP contribution in [0.25, 0.3) is 17.0 Å². The number of ether oxygens (including phenoxy) is 1. The minimum atomic E-state index is 0. The number of pyridine rings is 2. The average Bonchev–Trinajstić information content (AvgIpc) is 3.01. The maximum atomic E-state index is 6.01. The van der Waals surface area contributed by atoms with E-state index in [-0.39, 0.29) is 24.8 Å². The van der Waals surface area contributed by atoms with Crippen molar-refractivity contribution in [3.8, 4) is 11.4 Å². The fraction of sp³-hybridized carbons (Fsp3) is 0.368. The third-order valence-electron chi connectivity index (χ3n) is 5.04. The van der Waals surface area contributed by atoms with Crippen LogP contribution in [0.4, 0.5) is 0 Å². The molecule has 0 radical (unpaired) electrons. The predicted molar refractivity (Wildman–Crippen MR) is 115 cm³/mol. The highest BCUT2D eigenvalue weighted by Gasteiger charge is 2.31. The van der Waals surface area contributed by atoms with E-state index < -0.39 is 0 Å². The van der Waals surface area contributed by atoms with Gasteiger partial charge in [0, 0.05) is 44.1 Å². The monoisotopic (exact) mass is 441 g/mol. The van der Waals surface area contributed by atoms with Crippen LogP contribution in [-0.2, 0) is 11.3 Å². The van der Waals surface area contributed by atoms with Crippen molar-refractivity contribution in [2.75, 3.05) is 26.3 Å². The number of halogens is 3. The van der Waals surface area contributed by atoms with Gasteiger partial charge in [-0.1, -0.05) is 17.7 Å². The van der Waals surface area contributed by atoms with Gasteiger partial charge in [0.1, 0.15) is 11.3 Å². The first-order valence-corrected chi connectivity index (χ1v) is 9.28. The molecule has 0 amide bonds. The Kier molecular flexibility index (Phi) is 6.81. The van der Waals surface area contributed by atoms with E-state index in [0.717, 1.165) is 55.6 Å². The van der Waals surface area contributed by atoms with Gasteiger partial charge in [-0.3, -0.25) is 9.88 Å². The van der Waals surface area contributed by atoms with Gasteiger partial charge in [-0.15, -0.1) is 24.8 Å². The summed E-state index contributed by atoms with van der Waals surface area (Å²) < 4.78 is 7.83. The summed E-state index contributed by atoms with van der Waals surface area (Å²) in [5.41, 5.74) is 3.88. The van der Waals surface area contributed by atoms with Gasteiger partial charge in [-0.2, -0.15) is 0 Å². The zero-order valence-electron chi connectivity index (χ0n) is 15.1. The zero-order valence-corrected chi connectivity index (χ0v) is 17.5. The van der Waals surface area contributed by atoms with Crippen molar-refractivity contribution in [3.63, 3.8) is 0 Å². The zero-order chi connectivity index (χ0) is 17.5. The Morgan fingerprint density at radius 1 is 1.11 bits per heavy atom. The van der Waals surface area contributed by atoms with E-state index in [9.17, 15) is 0 Å². The molecule has 2 saturated heterocycles. The van der Waals surface area contributed by atoms with Crippen LogP contribution in [-0.4, -0.2) is 57.7 Å². The molecule has 2 fully saturated rings. The van der Waals surface area contributed by atoms with Crippen molar-refractivity contribution < 1.29 is 4.74 Å². The quantitative estimate of drug-likeness (QED) is 0.675. The molecule has 0 aromatic carbocycles. The lowest BCUT2D eigenvalue weighted by molar-refractivity contribution is -0.00900. The summed E-state index contributed by atoms with van der Waals surface area (Å²) in [6, 6.07) is 10.7. The topological polar surface area (TPSA) is 54.7 Å². The van der Waals surface area contributed by atoms with Gasteiger partial charge in [-0.05, 0) is 24.3 Å². The van der Waals surface area contributed by atoms with Crippen molar-refractivity contribution >= 4 is 42.1 Å². The number of fused-ring (bicyclic) bond motifs is 3. The number of hydrogen-bond donors (Lipinski definition) is 1. The maximum Gasteiger partial charge on any atom is 0.137 e. The first-order chi connectivity index (χ1) is 12.8. The molecular formula is C19H22Cl3N5O. The Labute approximate surface area is 181 Å². The van der Waals surface area contributed by atoms with Crippen LogP contribution >= 0.6 is 36.4 Å². The van der Waals surface area contributed by atoms with Crippen LogP contribution in [0.2, 0.25) is 5.02 Å². The molecular weight excluding hydrogens is 421 g/mol. The first kappa shape index (κ1) is 21.3. The molecule has 6 nitrogen and oxygen atoms in total. The number of piperazine rings is 1. The number of nitrogens with zero attached hydrogens (tertiary/aromatic N) is 4. The van der Waals surface area contributed by atoms with Crippen molar-refractivity contribution in [2.24, 2.45) is 0 Å². The third-order valence-corrected chi connectivity index (χ3v) is 5.26. The van der Waals surface area contributed by atoms with E-state index in [0.29, 0.717) is 17.1 Å². The molecule has 5 heterocycles. The molecule has 2 aliphatic rings. The molecule has 2 atom stereocenters. The molecule has 3 aromatic heterocycles. The molecule has 5 rings (SSSR count). The van der Waals surface area contributed by atoms with Crippen molar-refractivity contribution in [1.29, 1.82) is 0 Å². The van der Waals surface area contributed by atoms with Crippen LogP contribution in [0, 0.1) is 0 Å². The largest absolute Gasteiger partial charge is 0.378 e. The van der Waals surface area contributed by atoms with Crippen LogP contribution < -0.4 is 5.32 Å². The average molecular weight is 443 g/mol. The summed E-state index contributed by atoms with van der Waals surface area (Å²) in [6.07, 6.45) is 3.75. The lowest BCUT2D eigenvalue weighted by Crippen LogP contribution is -2.62. The molecule has 0 aliphatic carbocycles. The normalized spacial score (nSPS) is 21.8. The number of rotatable bonds is 3. The minimum Gasteiger partial charge on any atom is -0.378 e. The highest BCUT2D eigenvalue weighted by Crippen LogP contribution is 2.26. The van der Waals surface area contributed by atoms with E-state index in [4.69, 9.17) is 21.3 Å². The Bertz CT molecular complexity index is 921. The first-order valence-electron chi connectivity index (χ1n) is 8.90. The van der Waals surface area contributed by atoms with E-state index in [1.54, 1.807) is 6.20 Å². The number of morpholine rings is 1. The molecule has 2 aliphatic heterocycles. The summed E-state index contributed by atoms with van der Waals surface area (Å²) in [6.45, 7) is 4.35. The number of imidazole rings is 1. The van der Waals surface area contributed by atoms with E-state index in [1.165, 1.54) is 0 Å². The van der Waals surface area contributed by atoms with E-state index >= 15 is 0 Å². The number of aromatic nitrogens is 3. The lowest BCUT2D eigenvalue weighted by Gasteiger charge is -2.42. The SMILES string of the molecule is Cl.Cl.Clc1ccc(-c2nc3ccccn3c2CN2CC3COCC(C2)N3)nc1. The Morgan fingerprint density at radius 3 is 2.61 bits per heavy atom. The molecule has 2 unspecified atom stereocenters. The van der Waals surface area contributed by atoms with Gasteiger partial charge >= 0.3 is 0 Å². The summed E-state index contributed by atoms with van der Waals surface area (Å²) in [7, 11) is 0. The van der Waals surface area contributed by atoms with Crippen molar-refractivity contribution in [1.82, 2.24) is 24.6 Å². The molecule has 0 saturated carbocycles. The van der Waals surface area contributed by atoms with Gasteiger partial charge in [0.05, 0.1) is 29.6 Å². The summed E-state index contributed by atoms with van der Waals surface area (Å²) in [5.74, 6) is 0. The van der Waals surface area contributed by atoms with Crippen LogP contribution in [0.15, 0.2) is 42.7 Å². The Balaban J connectivity index is 0.00000112. The van der Waals surface area contributed by atoms with E-state index in [2.05, 4.69) is 25.8 Å². The van der Waals surface area contributed by atoms with Crippen LogP contribution in [0.1, 0.15) is 5.69 Å². The van der Waals surface area contributed by atoms with Gasteiger partial charge in [-0.25, -0.2) is 4.98 Å². The standard InChI is InChI=1S/C19H20ClN5O.2ClH/c20-13-4-5-16(21-7-13)19-17(25-6-2-1-3-18(25)23-19)10-24-8-14-11-26-12-15(9-24)22-14;;/h1-7,14-15,22H,8-12H2;2*1H. The molecule has 28 heavy (non-hydrogen) atoms. The summed E-state index contributed by atoms with van der Waals surface area (Å²) in [4.78, 5) is 11.8. The van der Waals surface area contributed by atoms with Crippen molar-refractivity contribution in [2.45, 2.75) is 18.6 Å². The second-order valence-corrected chi connectivity index (χ2v) is 7.43. The van der Waals surface area contributed by atoms with Gasteiger partial charge < -0.3 is 14.5 Å². The second kappa shape index (κ2) is 8.95. The fourth-order valence-electron chi connectivity index (χ4n) is 3.95. The third kappa shape index (κ3) is 4.13. The molecule has 3 aromatic rings. The molecule has 150 valence electrons. The second-order valence-electron chi connectivity index (χ2n) is 6.99. The predicted octanol–water partition coefficient (Wildman–Crippen LogP) is 3.07. The van der Waals surface area contributed by atoms with Crippen LogP contribution in [0.3, 0.4) is 0 Å².